The van der Waals surface area contributed by atoms with Crippen LogP contribution in [0.15, 0.2) is 60.0 Å². The number of aliphatic hydroxyl groups is 1. The average molecular weight is 327 g/mol. The van der Waals surface area contributed by atoms with Crippen LogP contribution in [-0.2, 0) is 12.4 Å². The number of hydrogen-bond acceptors (Lipinski definition) is 5. The first-order chi connectivity index (χ1) is 11.3. The molecule has 0 saturated carbocycles. The molecular formula is C17H17N3O2S. The number of ether oxygens (including phenoxy) is 1. The Hall–Kier alpha value is -2.31. The highest BCUT2D eigenvalue weighted by molar-refractivity contribution is 7.98. The maximum Gasteiger partial charge on any atom is 0.196 e. The summed E-state index contributed by atoms with van der Waals surface area (Å²) in [6.07, 6.45) is 1.69. The first-order valence-corrected chi connectivity index (χ1v) is 8.15. The molecule has 1 heterocycles. The Morgan fingerprint density at radius 1 is 1.09 bits per heavy atom. The molecule has 3 rings (SSSR count). The average Bonchev–Trinajstić information content (AvgIpc) is 3.08. The van der Waals surface area contributed by atoms with Crippen molar-refractivity contribution in [1.82, 2.24) is 14.8 Å². The third kappa shape index (κ3) is 3.55. The van der Waals surface area contributed by atoms with Crippen molar-refractivity contribution >= 4 is 11.8 Å². The molecule has 0 unspecified atom stereocenters. The van der Waals surface area contributed by atoms with E-state index in [1.807, 2.05) is 53.1 Å². The minimum absolute atomic E-state index is 0.0650. The van der Waals surface area contributed by atoms with Crippen molar-refractivity contribution in [3.63, 3.8) is 0 Å². The van der Waals surface area contributed by atoms with Gasteiger partial charge >= 0.3 is 0 Å². The molecule has 6 heteroatoms. The molecule has 0 aliphatic heterocycles. The van der Waals surface area contributed by atoms with Crippen LogP contribution in [0.1, 0.15) is 11.1 Å². The van der Waals surface area contributed by atoms with Crippen molar-refractivity contribution in [2.24, 2.45) is 0 Å². The fourth-order valence-corrected chi connectivity index (χ4v) is 3.08. The van der Waals surface area contributed by atoms with Crippen molar-refractivity contribution in [1.29, 1.82) is 0 Å². The van der Waals surface area contributed by atoms with Gasteiger partial charge in [-0.15, -0.1) is 10.2 Å². The van der Waals surface area contributed by atoms with Gasteiger partial charge in [0.05, 0.1) is 19.4 Å². The molecule has 0 spiro atoms. The fraction of sp³-hybridized carbons (Fsp3) is 0.176. The van der Waals surface area contributed by atoms with Crippen LogP contribution < -0.4 is 4.74 Å². The maximum atomic E-state index is 9.08. The number of aliphatic hydroxyl groups excluding tert-OH is 1. The summed E-state index contributed by atoms with van der Waals surface area (Å²) >= 11 is 1.61. The first-order valence-electron chi connectivity index (χ1n) is 7.16. The van der Waals surface area contributed by atoms with Gasteiger partial charge in [0.1, 0.15) is 12.1 Å². The monoisotopic (exact) mass is 327 g/mol. The number of para-hydroxylation sites is 2. The molecule has 0 radical (unpaired) electrons. The maximum absolute atomic E-state index is 9.08. The smallest absolute Gasteiger partial charge is 0.196 e. The van der Waals surface area contributed by atoms with Gasteiger partial charge < -0.3 is 9.84 Å². The SMILES string of the molecule is COc1ccccc1-n1cnnc1SCc1ccc(CO)cc1. The largest absolute Gasteiger partial charge is 0.495 e. The molecule has 0 fully saturated rings. The molecule has 3 aromatic rings. The molecule has 23 heavy (non-hydrogen) atoms. The van der Waals surface area contributed by atoms with Crippen LogP contribution >= 0.6 is 11.8 Å². The van der Waals surface area contributed by atoms with Gasteiger partial charge in [-0.2, -0.15) is 0 Å². The molecule has 0 aliphatic rings. The minimum atomic E-state index is 0.0650. The summed E-state index contributed by atoms with van der Waals surface area (Å²) in [5, 5.41) is 18.1. The zero-order valence-corrected chi connectivity index (χ0v) is 13.5. The topological polar surface area (TPSA) is 60.2 Å². The Balaban J connectivity index is 1.78. The molecule has 0 saturated heterocycles. The Kier molecular flexibility index (Phi) is 4.95. The van der Waals surface area contributed by atoms with E-state index >= 15 is 0 Å². The Bertz CT molecular complexity index is 772. The lowest BCUT2D eigenvalue weighted by atomic mass is 10.2. The van der Waals surface area contributed by atoms with E-state index in [0.717, 1.165) is 27.9 Å². The van der Waals surface area contributed by atoms with E-state index in [-0.39, 0.29) is 6.61 Å². The van der Waals surface area contributed by atoms with E-state index < -0.39 is 0 Å². The molecule has 0 bridgehead atoms. The Morgan fingerprint density at radius 2 is 1.83 bits per heavy atom. The van der Waals surface area contributed by atoms with Crippen LogP contribution in [0.5, 0.6) is 5.75 Å². The van der Waals surface area contributed by atoms with Gasteiger partial charge in [0.25, 0.3) is 0 Å². The summed E-state index contributed by atoms with van der Waals surface area (Å²) in [5.41, 5.74) is 3.00. The predicted octanol–water partition coefficient (Wildman–Crippen LogP) is 3.06. The Labute approximate surface area is 138 Å². The zero-order chi connectivity index (χ0) is 16.1. The second kappa shape index (κ2) is 7.30. The summed E-state index contributed by atoms with van der Waals surface area (Å²) in [6.45, 7) is 0.0650. The van der Waals surface area contributed by atoms with Crippen molar-refractivity contribution in [3.8, 4) is 11.4 Å². The predicted molar refractivity (Wildman–Crippen MR) is 89.8 cm³/mol. The van der Waals surface area contributed by atoms with E-state index in [1.165, 1.54) is 5.56 Å². The molecule has 5 nitrogen and oxygen atoms in total. The lowest BCUT2D eigenvalue weighted by Gasteiger charge is -2.10. The number of thioether (sulfide) groups is 1. The van der Waals surface area contributed by atoms with Crippen molar-refractivity contribution < 1.29 is 9.84 Å². The molecule has 2 aromatic carbocycles. The van der Waals surface area contributed by atoms with Crippen molar-refractivity contribution in [2.75, 3.05) is 7.11 Å². The van der Waals surface area contributed by atoms with Crippen LogP contribution in [-0.4, -0.2) is 27.0 Å². The van der Waals surface area contributed by atoms with Gasteiger partial charge in [-0.1, -0.05) is 48.2 Å². The minimum Gasteiger partial charge on any atom is -0.495 e. The lowest BCUT2D eigenvalue weighted by molar-refractivity contribution is 0.282. The van der Waals surface area contributed by atoms with Gasteiger partial charge in [-0.3, -0.25) is 4.57 Å². The van der Waals surface area contributed by atoms with E-state index in [0.29, 0.717) is 0 Å². The zero-order valence-electron chi connectivity index (χ0n) is 12.7. The highest BCUT2D eigenvalue weighted by Gasteiger charge is 2.11. The first kappa shape index (κ1) is 15.6. The van der Waals surface area contributed by atoms with E-state index in [4.69, 9.17) is 9.84 Å². The van der Waals surface area contributed by atoms with Gasteiger partial charge in [0.2, 0.25) is 0 Å². The molecular weight excluding hydrogens is 310 g/mol. The van der Waals surface area contributed by atoms with Crippen molar-refractivity contribution in [2.45, 2.75) is 17.5 Å². The highest BCUT2D eigenvalue weighted by Crippen LogP contribution is 2.28. The van der Waals surface area contributed by atoms with Crippen molar-refractivity contribution in [3.05, 3.63) is 66.0 Å². The van der Waals surface area contributed by atoms with E-state index in [9.17, 15) is 0 Å². The summed E-state index contributed by atoms with van der Waals surface area (Å²) in [7, 11) is 1.65. The third-order valence-electron chi connectivity index (χ3n) is 3.43. The van der Waals surface area contributed by atoms with Crippen LogP contribution in [0, 0.1) is 0 Å². The van der Waals surface area contributed by atoms with E-state index in [2.05, 4.69) is 10.2 Å². The standard InChI is InChI=1S/C17H17N3O2S/c1-22-16-5-3-2-4-15(16)20-12-18-19-17(20)23-11-14-8-6-13(10-21)7-9-14/h2-9,12,21H,10-11H2,1H3. The molecule has 118 valence electrons. The molecule has 1 aromatic heterocycles. The van der Waals surface area contributed by atoms with Crippen LogP contribution in [0.3, 0.4) is 0 Å². The van der Waals surface area contributed by atoms with Crippen LogP contribution in [0.25, 0.3) is 5.69 Å². The lowest BCUT2D eigenvalue weighted by Crippen LogP contribution is -1.98. The number of aromatic nitrogens is 3. The van der Waals surface area contributed by atoms with Gasteiger partial charge in [0.15, 0.2) is 5.16 Å². The summed E-state index contributed by atoms with van der Waals surface area (Å²) < 4.78 is 7.33. The Morgan fingerprint density at radius 3 is 2.57 bits per heavy atom. The van der Waals surface area contributed by atoms with Crippen LogP contribution in [0.2, 0.25) is 0 Å². The second-order valence-electron chi connectivity index (χ2n) is 4.92. The normalized spacial score (nSPS) is 10.7. The summed E-state index contributed by atoms with van der Waals surface area (Å²) in [6, 6.07) is 15.7. The number of hydrogen-bond donors (Lipinski definition) is 1. The summed E-state index contributed by atoms with van der Waals surface area (Å²) in [4.78, 5) is 0. The second-order valence-corrected chi connectivity index (χ2v) is 5.86. The number of rotatable bonds is 6. The van der Waals surface area contributed by atoms with Gasteiger partial charge in [0, 0.05) is 5.75 Å². The number of nitrogens with zero attached hydrogens (tertiary/aromatic N) is 3. The van der Waals surface area contributed by atoms with E-state index in [1.54, 1.807) is 25.2 Å². The van der Waals surface area contributed by atoms with Gasteiger partial charge in [-0.05, 0) is 23.3 Å². The number of methoxy groups -OCH3 is 1. The molecule has 0 atom stereocenters. The fourth-order valence-electron chi connectivity index (χ4n) is 2.21. The molecule has 0 aliphatic carbocycles. The number of benzene rings is 2. The summed E-state index contributed by atoms with van der Waals surface area (Å²) in [5.74, 6) is 1.56. The highest BCUT2D eigenvalue weighted by atomic mass is 32.2. The molecule has 1 N–H and O–H groups in total. The van der Waals surface area contributed by atoms with Gasteiger partial charge in [-0.25, -0.2) is 0 Å². The third-order valence-corrected chi connectivity index (χ3v) is 4.45. The van der Waals surface area contributed by atoms with Crippen LogP contribution in [0.4, 0.5) is 0 Å². The quantitative estimate of drug-likeness (QED) is 0.705. The molecule has 0 amide bonds.